The summed E-state index contributed by atoms with van der Waals surface area (Å²) in [6, 6.07) is 23.7. The lowest BCUT2D eigenvalue weighted by Crippen LogP contribution is -2.33. The summed E-state index contributed by atoms with van der Waals surface area (Å²) in [7, 11) is 0. The second-order valence-corrected chi connectivity index (χ2v) is 7.94. The van der Waals surface area contributed by atoms with Crippen LogP contribution in [0.25, 0.3) is 0 Å². The molecular formula is C24H23BrFNO2. The Balaban J connectivity index is 2.08. The molecule has 0 aliphatic carbocycles. The van der Waals surface area contributed by atoms with Crippen molar-refractivity contribution in [1.82, 2.24) is 4.90 Å². The summed E-state index contributed by atoms with van der Waals surface area (Å²) < 4.78 is 15.5. The number of rotatable bonds is 8. The van der Waals surface area contributed by atoms with Gasteiger partial charge in [-0.1, -0.05) is 76.6 Å². The molecular weight excluding hydrogens is 433 g/mol. The van der Waals surface area contributed by atoms with E-state index in [2.05, 4.69) is 20.8 Å². The van der Waals surface area contributed by atoms with Gasteiger partial charge in [-0.25, -0.2) is 4.39 Å². The smallest absolute Gasteiger partial charge is 0.305 e. The zero-order chi connectivity index (χ0) is 20.8. The lowest BCUT2D eigenvalue weighted by Gasteiger charge is -2.37. The van der Waals surface area contributed by atoms with E-state index in [1.54, 1.807) is 12.1 Å². The number of aliphatic carboxylic acids is 1. The molecule has 29 heavy (non-hydrogen) atoms. The number of halogens is 2. The molecule has 3 aromatic carbocycles. The third-order valence-electron chi connectivity index (χ3n) is 5.07. The van der Waals surface area contributed by atoms with E-state index in [4.69, 9.17) is 0 Å². The van der Waals surface area contributed by atoms with Gasteiger partial charge >= 0.3 is 5.97 Å². The lowest BCUT2D eigenvalue weighted by atomic mass is 9.96. The molecule has 3 rings (SSSR count). The maximum Gasteiger partial charge on any atom is 0.305 e. The van der Waals surface area contributed by atoms with E-state index < -0.39 is 17.8 Å². The van der Waals surface area contributed by atoms with E-state index in [0.717, 1.165) is 15.6 Å². The van der Waals surface area contributed by atoms with Gasteiger partial charge < -0.3 is 5.11 Å². The van der Waals surface area contributed by atoms with Gasteiger partial charge in [0.2, 0.25) is 0 Å². The first-order valence-electron chi connectivity index (χ1n) is 9.47. The highest BCUT2D eigenvalue weighted by atomic mass is 79.9. The van der Waals surface area contributed by atoms with E-state index in [-0.39, 0.29) is 12.5 Å². The predicted molar refractivity (Wildman–Crippen MR) is 116 cm³/mol. The summed E-state index contributed by atoms with van der Waals surface area (Å²) in [4.78, 5) is 13.8. The van der Waals surface area contributed by atoms with Crippen molar-refractivity contribution in [1.29, 1.82) is 0 Å². The molecule has 0 fully saturated rings. The molecule has 3 aromatic rings. The van der Waals surface area contributed by atoms with Crippen LogP contribution in [-0.2, 0) is 11.3 Å². The van der Waals surface area contributed by atoms with Crippen LogP contribution in [0.3, 0.4) is 0 Å². The van der Waals surface area contributed by atoms with Crippen LogP contribution in [0.1, 0.15) is 42.1 Å². The van der Waals surface area contributed by atoms with Crippen molar-refractivity contribution in [2.75, 3.05) is 0 Å². The SMILES string of the molecule is CC(c1ccccc1)N(Cc1ccccc1)C(CC(=O)O)c1cc(Br)ccc1F. The minimum atomic E-state index is -0.965. The number of nitrogens with zero attached hydrogens (tertiary/aromatic N) is 1. The molecule has 0 aliphatic heterocycles. The van der Waals surface area contributed by atoms with Gasteiger partial charge in [0.1, 0.15) is 5.82 Å². The summed E-state index contributed by atoms with van der Waals surface area (Å²) in [5.41, 5.74) is 2.47. The second-order valence-electron chi connectivity index (χ2n) is 7.02. The Bertz CT molecular complexity index is 950. The molecule has 0 spiro atoms. The Morgan fingerprint density at radius 1 is 1.03 bits per heavy atom. The van der Waals surface area contributed by atoms with Gasteiger partial charge in [-0.2, -0.15) is 0 Å². The van der Waals surface area contributed by atoms with E-state index in [1.165, 1.54) is 6.07 Å². The summed E-state index contributed by atoms with van der Waals surface area (Å²) in [5.74, 6) is -1.37. The van der Waals surface area contributed by atoms with Gasteiger partial charge in [-0.05, 0) is 36.2 Å². The topological polar surface area (TPSA) is 40.5 Å². The summed E-state index contributed by atoms with van der Waals surface area (Å²) >= 11 is 3.40. The van der Waals surface area contributed by atoms with Gasteiger partial charge in [0.15, 0.2) is 0 Å². The lowest BCUT2D eigenvalue weighted by molar-refractivity contribution is -0.138. The van der Waals surface area contributed by atoms with E-state index >= 15 is 0 Å². The number of carboxylic acid groups (broad SMARTS) is 1. The molecule has 0 radical (unpaired) electrons. The van der Waals surface area contributed by atoms with Gasteiger partial charge in [0, 0.05) is 28.7 Å². The fourth-order valence-corrected chi connectivity index (χ4v) is 3.95. The molecule has 2 unspecified atom stereocenters. The van der Waals surface area contributed by atoms with Crippen molar-refractivity contribution in [3.8, 4) is 0 Å². The van der Waals surface area contributed by atoms with Crippen molar-refractivity contribution in [3.05, 3.63) is 106 Å². The normalized spacial score (nSPS) is 13.2. The number of hydrogen-bond donors (Lipinski definition) is 1. The summed E-state index contributed by atoms with van der Waals surface area (Å²) in [6.07, 6.45) is -0.197. The first-order chi connectivity index (χ1) is 14.0. The van der Waals surface area contributed by atoms with Crippen molar-refractivity contribution in [2.45, 2.75) is 32.0 Å². The molecule has 0 aliphatic rings. The molecule has 1 N–H and O–H groups in total. The van der Waals surface area contributed by atoms with Crippen LogP contribution in [-0.4, -0.2) is 16.0 Å². The molecule has 2 atom stereocenters. The molecule has 0 heterocycles. The number of hydrogen-bond acceptors (Lipinski definition) is 2. The highest BCUT2D eigenvalue weighted by Gasteiger charge is 2.30. The number of carboxylic acids is 1. The standard InChI is InChI=1S/C24H23BrFNO2/c1-17(19-10-6-3-7-11-19)27(16-18-8-4-2-5-9-18)23(15-24(28)29)21-14-20(25)12-13-22(21)26/h2-14,17,23H,15-16H2,1H3,(H,28,29). The summed E-state index contributed by atoms with van der Waals surface area (Å²) in [6.45, 7) is 2.53. The Morgan fingerprint density at radius 3 is 2.28 bits per heavy atom. The molecule has 150 valence electrons. The minimum Gasteiger partial charge on any atom is -0.481 e. The Labute approximate surface area is 178 Å². The highest BCUT2D eigenvalue weighted by molar-refractivity contribution is 9.10. The molecule has 3 nitrogen and oxygen atoms in total. The first kappa shape index (κ1) is 21.2. The van der Waals surface area contributed by atoms with Crippen molar-refractivity contribution in [3.63, 3.8) is 0 Å². The third kappa shape index (κ3) is 5.52. The molecule has 0 saturated carbocycles. The van der Waals surface area contributed by atoms with E-state index in [9.17, 15) is 14.3 Å². The van der Waals surface area contributed by atoms with Crippen LogP contribution < -0.4 is 0 Å². The average molecular weight is 456 g/mol. The molecule has 0 aromatic heterocycles. The zero-order valence-electron chi connectivity index (χ0n) is 16.1. The van der Waals surface area contributed by atoms with Crippen LogP contribution in [0, 0.1) is 5.82 Å². The van der Waals surface area contributed by atoms with Crippen LogP contribution in [0.4, 0.5) is 4.39 Å². The zero-order valence-corrected chi connectivity index (χ0v) is 17.7. The second kappa shape index (κ2) is 9.81. The van der Waals surface area contributed by atoms with Crippen LogP contribution in [0.5, 0.6) is 0 Å². The van der Waals surface area contributed by atoms with Crippen molar-refractivity contribution in [2.24, 2.45) is 0 Å². The molecule has 0 amide bonds. The van der Waals surface area contributed by atoms with Crippen LogP contribution in [0.15, 0.2) is 83.3 Å². The average Bonchev–Trinajstić information content (AvgIpc) is 2.73. The predicted octanol–water partition coefficient (Wildman–Crippen LogP) is 6.37. The van der Waals surface area contributed by atoms with Crippen molar-refractivity contribution < 1.29 is 14.3 Å². The fraction of sp³-hybridized carbons (Fsp3) is 0.208. The molecule has 5 heteroatoms. The van der Waals surface area contributed by atoms with Crippen LogP contribution in [0.2, 0.25) is 0 Å². The third-order valence-corrected chi connectivity index (χ3v) is 5.57. The quantitative estimate of drug-likeness (QED) is 0.429. The first-order valence-corrected chi connectivity index (χ1v) is 10.3. The van der Waals surface area contributed by atoms with E-state index in [1.807, 2.05) is 67.6 Å². The van der Waals surface area contributed by atoms with E-state index in [0.29, 0.717) is 12.1 Å². The fourth-order valence-electron chi connectivity index (χ4n) is 3.58. The Morgan fingerprint density at radius 2 is 1.66 bits per heavy atom. The number of carbonyl (C=O) groups is 1. The minimum absolute atomic E-state index is 0.112. The molecule has 0 bridgehead atoms. The van der Waals surface area contributed by atoms with Crippen molar-refractivity contribution >= 4 is 21.9 Å². The highest BCUT2D eigenvalue weighted by Crippen LogP contribution is 2.36. The maximum atomic E-state index is 14.8. The van der Waals surface area contributed by atoms with Gasteiger partial charge in [-0.3, -0.25) is 9.69 Å². The van der Waals surface area contributed by atoms with Gasteiger partial charge in [0.25, 0.3) is 0 Å². The largest absolute Gasteiger partial charge is 0.481 e. The van der Waals surface area contributed by atoms with Crippen LogP contribution >= 0.6 is 15.9 Å². The Hall–Kier alpha value is -2.50. The van der Waals surface area contributed by atoms with Gasteiger partial charge in [-0.15, -0.1) is 0 Å². The summed E-state index contributed by atoms with van der Waals surface area (Å²) in [5, 5.41) is 9.61. The van der Waals surface area contributed by atoms with Gasteiger partial charge in [0.05, 0.1) is 6.42 Å². The monoisotopic (exact) mass is 455 g/mol. The maximum absolute atomic E-state index is 14.8. The number of benzene rings is 3. The molecule has 0 saturated heterocycles. The Kier molecular flexibility index (Phi) is 7.18.